The van der Waals surface area contributed by atoms with Crippen molar-refractivity contribution in [1.29, 1.82) is 0 Å². The van der Waals surface area contributed by atoms with Gasteiger partial charge in [0.15, 0.2) is 34.9 Å². The molecule has 518 valence electrons. The van der Waals surface area contributed by atoms with Gasteiger partial charge in [0.1, 0.15) is 0 Å². The molecular weight excluding hydrogens is 1330 g/mol. The Morgan fingerprint density at radius 2 is 0.427 bits per heavy atom. The minimum Gasteiger partial charge on any atom is -0.208 e. The number of nitrogens with zero attached hydrogens (tertiary/aromatic N) is 6. The molecule has 0 radical (unpaired) electrons. The Kier molecular flexibility index (Phi) is 15.8. The van der Waals surface area contributed by atoms with Crippen LogP contribution in [0.3, 0.4) is 0 Å². The average molecular weight is 1410 g/mol. The van der Waals surface area contributed by atoms with Crippen LogP contribution < -0.4 is 0 Å². The third-order valence-corrected chi connectivity index (χ3v) is 22.8. The van der Waals surface area contributed by atoms with Gasteiger partial charge >= 0.3 is 0 Å². The van der Waals surface area contributed by atoms with E-state index in [-0.39, 0.29) is 10.8 Å². The lowest BCUT2D eigenvalue weighted by Gasteiger charge is -2.23. The van der Waals surface area contributed by atoms with Crippen LogP contribution in [-0.4, -0.2) is 29.9 Å². The molecule has 19 aromatic rings. The molecule has 0 unspecified atom stereocenters. The van der Waals surface area contributed by atoms with Gasteiger partial charge in [0.05, 0.1) is 0 Å². The van der Waals surface area contributed by atoms with E-state index in [1.54, 1.807) is 0 Å². The molecule has 0 bridgehead atoms. The van der Waals surface area contributed by atoms with Gasteiger partial charge in [0, 0.05) is 44.2 Å². The highest BCUT2D eigenvalue weighted by molar-refractivity contribution is 6.09. The van der Waals surface area contributed by atoms with Crippen molar-refractivity contribution in [2.75, 3.05) is 0 Å². The van der Waals surface area contributed by atoms with Crippen LogP contribution in [0.2, 0.25) is 0 Å². The van der Waals surface area contributed by atoms with Crippen molar-refractivity contribution in [3.8, 4) is 135 Å². The molecular formula is C104H72N6. The first-order chi connectivity index (χ1) is 54.0. The lowest BCUT2D eigenvalue weighted by molar-refractivity contribution is 0.666. The highest BCUT2D eigenvalue weighted by Gasteiger charge is 2.38. The molecule has 110 heavy (non-hydrogen) atoms. The van der Waals surface area contributed by atoms with E-state index < -0.39 is 0 Å². The Bertz CT molecular complexity index is 6810. The monoisotopic (exact) mass is 1400 g/mol. The Morgan fingerprint density at radius 3 is 0.818 bits per heavy atom. The van der Waals surface area contributed by atoms with Crippen molar-refractivity contribution in [2.24, 2.45) is 0 Å². The Morgan fingerprint density at radius 1 is 0.164 bits per heavy atom. The first kappa shape index (κ1) is 65.6. The maximum Gasteiger partial charge on any atom is 0.164 e. The van der Waals surface area contributed by atoms with E-state index >= 15 is 0 Å². The van der Waals surface area contributed by atoms with Gasteiger partial charge in [-0.25, -0.2) is 29.9 Å². The molecule has 0 N–H and O–H groups in total. The van der Waals surface area contributed by atoms with Crippen LogP contribution in [0.1, 0.15) is 49.9 Å². The van der Waals surface area contributed by atoms with Crippen LogP contribution in [-0.2, 0) is 10.8 Å². The maximum absolute atomic E-state index is 5.04. The molecule has 21 rings (SSSR count). The standard InChI is InChI=1S/C54H37N3.C50H35N3/c1-54(2)49-19-11-10-18-47(49)48-29-27-40-33-39(26-28-44(40)50(48)54)43-31-30-42(45-16-8-9-17-46(43)45)35-21-23-37(24-22-35)52-55-51(36-13-4-3-5-14-36)56-53(57-52)41-25-20-34-12-6-7-15-38(34)32-41;1-50(2)45-20-12-11-19-43(45)44-28-26-37-31-36(25-27-40(37)46(44)50)39-30-29-38(41-17-9-10-18-42(39)41)32-21-23-35(24-22-32)49-52-47(33-13-5-3-6-14-33)51-48(53-49)34-15-7-4-8-16-34/h3-33H,1-2H3;3-31H,1-2H3. The van der Waals surface area contributed by atoms with Crippen LogP contribution in [0.15, 0.2) is 364 Å². The van der Waals surface area contributed by atoms with E-state index in [4.69, 9.17) is 29.9 Å². The van der Waals surface area contributed by atoms with Gasteiger partial charge in [-0.15, -0.1) is 0 Å². The number of hydrogen-bond acceptors (Lipinski definition) is 6. The minimum absolute atomic E-state index is 0.0469. The fourth-order valence-electron chi connectivity index (χ4n) is 17.4. The van der Waals surface area contributed by atoms with E-state index in [1.807, 2.05) is 91.0 Å². The number of hydrogen-bond donors (Lipinski definition) is 0. The highest BCUT2D eigenvalue weighted by atomic mass is 15.0. The number of fused-ring (bicyclic) bond motifs is 13. The SMILES string of the molecule is CC1(C)c2ccccc2-c2ccc3cc(-c4ccc(-c5ccc(-c6nc(-c7ccccc7)nc(-c7ccc8ccccc8c7)n6)cc5)c5ccccc45)ccc3c21.CC1(C)c2ccccc2-c2ccc3cc(-c4ccc(-c5ccc(-c6nc(-c7ccccc7)nc(-c7ccccc7)n6)cc5)c5ccccc45)ccc3c21. The summed E-state index contributed by atoms with van der Waals surface area (Å²) in [4.78, 5) is 29.7. The summed E-state index contributed by atoms with van der Waals surface area (Å²) < 4.78 is 0. The van der Waals surface area contributed by atoms with Gasteiger partial charge in [-0.3, -0.25) is 0 Å². The van der Waals surface area contributed by atoms with Crippen LogP contribution >= 0.6 is 0 Å². The van der Waals surface area contributed by atoms with Crippen molar-refractivity contribution >= 4 is 53.9 Å². The largest absolute Gasteiger partial charge is 0.208 e. The van der Waals surface area contributed by atoms with Crippen molar-refractivity contribution in [3.63, 3.8) is 0 Å². The first-order valence-corrected chi connectivity index (χ1v) is 37.8. The molecule has 0 atom stereocenters. The summed E-state index contributed by atoms with van der Waals surface area (Å²) >= 11 is 0. The smallest absolute Gasteiger partial charge is 0.164 e. The van der Waals surface area contributed by atoms with Gasteiger partial charge in [-0.1, -0.05) is 373 Å². The summed E-state index contributed by atoms with van der Waals surface area (Å²) in [6.45, 7) is 9.44. The second-order valence-corrected chi connectivity index (χ2v) is 30.0. The zero-order valence-corrected chi connectivity index (χ0v) is 61.3. The molecule has 0 saturated carbocycles. The lowest BCUT2D eigenvalue weighted by Crippen LogP contribution is -2.15. The molecule has 2 aliphatic rings. The second kappa shape index (κ2) is 26.5. The number of benzene rings is 17. The van der Waals surface area contributed by atoms with Crippen molar-refractivity contribution in [3.05, 3.63) is 386 Å². The molecule has 0 fully saturated rings. The molecule has 6 nitrogen and oxygen atoms in total. The minimum atomic E-state index is -0.0515. The maximum atomic E-state index is 5.04. The molecule has 0 amide bonds. The molecule has 0 aliphatic heterocycles. The van der Waals surface area contributed by atoms with Crippen LogP contribution in [0.25, 0.3) is 189 Å². The zero-order valence-electron chi connectivity index (χ0n) is 61.3. The molecule has 2 heterocycles. The summed E-state index contributed by atoms with van der Waals surface area (Å²) in [7, 11) is 0. The van der Waals surface area contributed by atoms with Gasteiger partial charge in [0.25, 0.3) is 0 Å². The average Bonchev–Trinajstić information content (AvgIpc) is 1.56. The summed E-state index contributed by atoms with van der Waals surface area (Å²) in [5.74, 6) is 3.93. The second-order valence-electron chi connectivity index (χ2n) is 30.0. The van der Waals surface area contributed by atoms with E-state index in [9.17, 15) is 0 Å². The molecule has 2 aliphatic carbocycles. The fraction of sp³-hybridized carbons (Fsp3) is 0.0577. The van der Waals surface area contributed by atoms with Crippen molar-refractivity contribution < 1.29 is 0 Å². The first-order valence-electron chi connectivity index (χ1n) is 37.8. The van der Waals surface area contributed by atoms with E-state index in [0.717, 1.165) is 49.9 Å². The molecule has 2 aromatic heterocycles. The van der Waals surface area contributed by atoms with E-state index in [0.29, 0.717) is 34.9 Å². The number of rotatable bonds is 10. The molecule has 17 aromatic carbocycles. The quantitative estimate of drug-likeness (QED) is 0.136. The summed E-state index contributed by atoms with van der Waals surface area (Å²) in [6.07, 6.45) is 0. The van der Waals surface area contributed by atoms with Crippen LogP contribution in [0.4, 0.5) is 0 Å². The molecule has 0 saturated heterocycles. The Hall–Kier alpha value is -13.9. The fourth-order valence-corrected chi connectivity index (χ4v) is 17.4. The van der Waals surface area contributed by atoms with Gasteiger partial charge in [0.2, 0.25) is 0 Å². The predicted octanol–water partition coefficient (Wildman–Crippen LogP) is 26.8. The summed E-state index contributed by atoms with van der Waals surface area (Å²) in [5.41, 5.74) is 26.3. The highest BCUT2D eigenvalue weighted by Crippen LogP contribution is 2.54. The predicted molar refractivity (Wildman–Crippen MR) is 457 cm³/mol. The Balaban J connectivity index is 0.000000144. The zero-order chi connectivity index (χ0) is 73.6. The Labute approximate surface area is 639 Å². The third kappa shape index (κ3) is 11.3. The van der Waals surface area contributed by atoms with Crippen molar-refractivity contribution in [2.45, 2.75) is 38.5 Å². The van der Waals surface area contributed by atoms with Crippen LogP contribution in [0, 0.1) is 0 Å². The van der Waals surface area contributed by atoms with Gasteiger partial charge in [-0.05, 0) is 161 Å². The summed E-state index contributed by atoms with van der Waals surface area (Å²) in [6, 6.07) is 130. The van der Waals surface area contributed by atoms with E-state index in [1.165, 1.54) is 126 Å². The lowest BCUT2D eigenvalue weighted by atomic mass is 9.80. The normalized spacial score (nSPS) is 12.9. The number of aromatic nitrogens is 6. The molecule has 0 spiro atoms. The van der Waals surface area contributed by atoms with E-state index in [2.05, 4.69) is 301 Å². The molecule has 6 heteroatoms. The van der Waals surface area contributed by atoms with Gasteiger partial charge < -0.3 is 0 Å². The van der Waals surface area contributed by atoms with Crippen LogP contribution in [0.5, 0.6) is 0 Å². The topological polar surface area (TPSA) is 77.3 Å². The van der Waals surface area contributed by atoms with Gasteiger partial charge in [-0.2, -0.15) is 0 Å². The van der Waals surface area contributed by atoms with Crippen molar-refractivity contribution in [1.82, 2.24) is 29.9 Å². The summed E-state index contributed by atoms with van der Waals surface area (Å²) in [5, 5.41) is 12.5. The third-order valence-electron chi connectivity index (χ3n) is 22.8.